The first-order chi connectivity index (χ1) is 13.7. The smallest absolute Gasteiger partial charge is 0.199 e. The van der Waals surface area contributed by atoms with E-state index in [9.17, 15) is 4.79 Å². The lowest BCUT2D eigenvalue weighted by Gasteiger charge is -2.29. The van der Waals surface area contributed by atoms with Gasteiger partial charge in [0, 0.05) is 56.4 Å². The van der Waals surface area contributed by atoms with Gasteiger partial charge in [-0.05, 0) is 24.5 Å². The molecule has 2 aliphatic heterocycles. The third kappa shape index (κ3) is 2.92. The fourth-order valence-electron chi connectivity index (χ4n) is 4.51. The second kappa shape index (κ2) is 6.91. The standard InChI is InChI=1S/C23H24N4O/c1-25-11-9-19-21(23-24-10-14-27(23)16-20(28)22(19)25)18-7-12-26(13-8-18)15-17-5-3-2-4-6-17/h2-6,9-11,14H,7-8,12-13,15-16H2,1H3. The lowest BCUT2D eigenvalue weighted by Crippen LogP contribution is -2.30. The Kier molecular flexibility index (Phi) is 4.24. The molecule has 0 N–H and O–H groups in total. The lowest BCUT2D eigenvalue weighted by atomic mass is 9.92. The van der Waals surface area contributed by atoms with Crippen molar-refractivity contribution < 1.29 is 4.79 Å². The number of imidazole rings is 1. The van der Waals surface area contributed by atoms with Crippen LogP contribution in [0.4, 0.5) is 0 Å². The van der Waals surface area contributed by atoms with Crippen molar-refractivity contribution in [3.05, 3.63) is 83.2 Å². The van der Waals surface area contributed by atoms with E-state index >= 15 is 0 Å². The van der Waals surface area contributed by atoms with Crippen LogP contribution in [0.15, 0.2) is 60.6 Å². The number of fused-ring (bicyclic) bond motifs is 2. The molecule has 0 atom stereocenters. The highest BCUT2D eigenvalue weighted by Gasteiger charge is 2.29. The summed E-state index contributed by atoms with van der Waals surface area (Å²) >= 11 is 0. The Labute approximate surface area is 164 Å². The molecule has 0 aliphatic carbocycles. The molecule has 5 heteroatoms. The molecule has 28 heavy (non-hydrogen) atoms. The SMILES string of the molecule is Cn1ccc2c1C(=O)Cn1ccnc1C2=C1CCN(Cc2ccccc2)CC1. The fourth-order valence-corrected chi connectivity index (χ4v) is 4.51. The summed E-state index contributed by atoms with van der Waals surface area (Å²) in [6, 6.07) is 12.7. The van der Waals surface area contributed by atoms with Crippen molar-refractivity contribution in [3.63, 3.8) is 0 Å². The third-order valence-electron chi connectivity index (χ3n) is 5.92. The number of ketones is 1. The lowest BCUT2D eigenvalue weighted by molar-refractivity contribution is 0.0965. The van der Waals surface area contributed by atoms with Gasteiger partial charge in [-0.2, -0.15) is 0 Å². The molecule has 0 amide bonds. The first-order valence-electron chi connectivity index (χ1n) is 9.89. The summed E-state index contributed by atoms with van der Waals surface area (Å²) in [5, 5.41) is 0. The van der Waals surface area contributed by atoms with E-state index in [-0.39, 0.29) is 5.78 Å². The predicted molar refractivity (Wildman–Crippen MR) is 109 cm³/mol. The zero-order valence-corrected chi connectivity index (χ0v) is 16.1. The van der Waals surface area contributed by atoms with Crippen LogP contribution in [-0.4, -0.2) is 37.9 Å². The molecule has 0 radical (unpaired) electrons. The average molecular weight is 372 g/mol. The minimum atomic E-state index is 0.152. The fraction of sp³-hybridized carbons (Fsp3) is 0.304. The summed E-state index contributed by atoms with van der Waals surface area (Å²) in [4.78, 5) is 20.0. The van der Waals surface area contributed by atoms with Gasteiger partial charge in [-0.25, -0.2) is 4.98 Å². The van der Waals surface area contributed by atoms with Crippen LogP contribution in [0.5, 0.6) is 0 Å². The predicted octanol–water partition coefficient (Wildman–Crippen LogP) is 3.52. The van der Waals surface area contributed by atoms with Crippen LogP contribution in [0, 0.1) is 0 Å². The van der Waals surface area contributed by atoms with Crippen LogP contribution in [0.1, 0.15) is 40.3 Å². The van der Waals surface area contributed by atoms with Crippen molar-refractivity contribution in [2.45, 2.75) is 25.9 Å². The average Bonchev–Trinajstić information content (AvgIpc) is 3.29. The number of hydrogen-bond donors (Lipinski definition) is 0. The van der Waals surface area contributed by atoms with Crippen LogP contribution in [0.2, 0.25) is 0 Å². The number of carbonyl (C=O) groups is 1. The number of benzene rings is 1. The van der Waals surface area contributed by atoms with Crippen molar-refractivity contribution in [2.75, 3.05) is 13.1 Å². The van der Waals surface area contributed by atoms with Crippen LogP contribution in [0.25, 0.3) is 5.57 Å². The van der Waals surface area contributed by atoms with Crippen LogP contribution in [0.3, 0.4) is 0 Å². The van der Waals surface area contributed by atoms with E-state index in [1.54, 1.807) is 0 Å². The van der Waals surface area contributed by atoms with E-state index in [0.29, 0.717) is 6.54 Å². The van der Waals surface area contributed by atoms with Gasteiger partial charge in [0.25, 0.3) is 0 Å². The maximum atomic E-state index is 12.8. The van der Waals surface area contributed by atoms with E-state index in [1.807, 2.05) is 34.8 Å². The highest BCUT2D eigenvalue weighted by molar-refractivity contribution is 6.02. The Hall–Kier alpha value is -2.92. The van der Waals surface area contributed by atoms with Crippen molar-refractivity contribution in [1.29, 1.82) is 0 Å². The number of nitrogens with zero attached hydrogens (tertiary/aromatic N) is 4. The number of carbonyl (C=O) groups excluding carboxylic acids is 1. The zero-order chi connectivity index (χ0) is 19.1. The van der Waals surface area contributed by atoms with Crippen LogP contribution >= 0.6 is 0 Å². The van der Waals surface area contributed by atoms with Crippen molar-refractivity contribution >= 4 is 11.4 Å². The van der Waals surface area contributed by atoms with Gasteiger partial charge >= 0.3 is 0 Å². The number of hydrogen-bond acceptors (Lipinski definition) is 3. The molecular formula is C23H24N4O. The van der Waals surface area contributed by atoms with Gasteiger partial charge in [0.15, 0.2) is 5.78 Å². The van der Waals surface area contributed by atoms with Gasteiger partial charge in [-0.3, -0.25) is 9.69 Å². The zero-order valence-electron chi connectivity index (χ0n) is 16.1. The molecule has 2 aliphatic rings. The molecule has 4 heterocycles. The van der Waals surface area contributed by atoms with E-state index in [1.165, 1.54) is 16.7 Å². The largest absolute Gasteiger partial charge is 0.348 e. The van der Waals surface area contributed by atoms with E-state index in [4.69, 9.17) is 0 Å². The number of Topliss-reactive ketones (excluding diaryl/α,β-unsaturated/α-hetero) is 1. The number of likely N-dealkylation sites (tertiary alicyclic amines) is 1. The molecule has 5 nitrogen and oxygen atoms in total. The molecule has 0 spiro atoms. The molecule has 142 valence electrons. The summed E-state index contributed by atoms with van der Waals surface area (Å²) < 4.78 is 3.95. The van der Waals surface area contributed by atoms with Gasteiger partial charge in [0.2, 0.25) is 0 Å². The molecule has 1 saturated heterocycles. The summed E-state index contributed by atoms with van der Waals surface area (Å²) in [5.41, 5.74) is 5.80. The highest BCUT2D eigenvalue weighted by Crippen LogP contribution is 2.36. The minimum Gasteiger partial charge on any atom is -0.348 e. The molecule has 0 saturated carbocycles. The first-order valence-corrected chi connectivity index (χ1v) is 9.89. The van der Waals surface area contributed by atoms with Crippen molar-refractivity contribution in [2.24, 2.45) is 7.05 Å². The highest BCUT2D eigenvalue weighted by atomic mass is 16.1. The molecule has 0 unspecified atom stereocenters. The molecule has 3 aromatic rings. The van der Waals surface area contributed by atoms with Crippen LogP contribution < -0.4 is 0 Å². The monoisotopic (exact) mass is 372 g/mol. The Morgan fingerprint density at radius 2 is 1.82 bits per heavy atom. The number of piperidine rings is 1. The first kappa shape index (κ1) is 17.2. The molecule has 1 fully saturated rings. The molecule has 2 aromatic heterocycles. The second-order valence-corrected chi connectivity index (χ2v) is 7.73. The number of rotatable bonds is 2. The van der Waals surface area contributed by atoms with E-state index in [2.05, 4.69) is 46.3 Å². The van der Waals surface area contributed by atoms with E-state index < -0.39 is 0 Å². The Bertz CT molecular complexity index is 1050. The van der Waals surface area contributed by atoms with Gasteiger partial charge in [-0.1, -0.05) is 35.9 Å². The quantitative estimate of drug-likeness (QED) is 0.691. The Morgan fingerprint density at radius 3 is 2.61 bits per heavy atom. The second-order valence-electron chi connectivity index (χ2n) is 7.73. The van der Waals surface area contributed by atoms with Gasteiger partial charge in [0.05, 0.1) is 12.2 Å². The maximum absolute atomic E-state index is 12.8. The van der Waals surface area contributed by atoms with Gasteiger partial charge in [0.1, 0.15) is 5.82 Å². The molecule has 5 rings (SSSR count). The molecule has 1 aromatic carbocycles. The number of aryl methyl sites for hydroxylation is 1. The molecular weight excluding hydrogens is 348 g/mol. The summed E-state index contributed by atoms with van der Waals surface area (Å²) in [6.07, 6.45) is 7.74. The number of aromatic nitrogens is 3. The Morgan fingerprint density at radius 1 is 1.04 bits per heavy atom. The van der Waals surface area contributed by atoms with Crippen molar-refractivity contribution in [3.8, 4) is 0 Å². The normalized spacial score (nSPS) is 17.4. The summed E-state index contributed by atoms with van der Waals surface area (Å²) in [5.74, 6) is 1.09. The summed E-state index contributed by atoms with van der Waals surface area (Å²) in [7, 11) is 1.95. The van der Waals surface area contributed by atoms with Gasteiger partial charge in [-0.15, -0.1) is 0 Å². The van der Waals surface area contributed by atoms with Gasteiger partial charge < -0.3 is 9.13 Å². The van der Waals surface area contributed by atoms with Crippen LogP contribution in [-0.2, 0) is 20.1 Å². The summed E-state index contributed by atoms with van der Waals surface area (Å²) in [6.45, 7) is 3.42. The van der Waals surface area contributed by atoms with Crippen molar-refractivity contribution in [1.82, 2.24) is 19.0 Å². The topological polar surface area (TPSA) is 43.1 Å². The minimum absolute atomic E-state index is 0.152. The molecule has 0 bridgehead atoms. The Balaban J connectivity index is 1.48. The maximum Gasteiger partial charge on any atom is 0.199 e. The van der Waals surface area contributed by atoms with E-state index in [0.717, 1.165) is 49.6 Å². The third-order valence-corrected chi connectivity index (χ3v) is 5.92.